The second kappa shape index (κ2) is 7.53. The maximum Gasteiger partial charge on any atom is 0.244 e. The molecule has 3 aromatic rings. The number of nitrogens with one attached hydrogen (secondary N) is 2. The first-order chi connectivity index (χ1) is 11.7. The second-order valence-corrected chi connectivity index (χ2v) is 6.67. The highest BCUT2D eigenvalue weighted by molar-refractivity contribution is 7.15. The zero-order valence-electron chi connectivity index (χ0n) is 13.6. The molecule has 25 heavy (non-hydrogen) atoms. The normalized spacial score (nSPS) is 20.2. The van der Waals surface area contributed by atoms with Gasteiger partial charge in [0.25, 0.3) is 0 Å². The quantitative estimate of drug-likeness (QED) is 0.735. The Kier molecular flexibility index (Phi) is 5.39. The molecule has 1 aliphatic rings. The molecule has 2 N–H and O–H groups in total. The topological polar surface area (TPSA) is 67.7 Å². The minimum Gasteiger partial charge on any atom is -0.375 e. The zero-order valence-corrected chi connectivity index (χ0v) is 15.3. The molecule has 4 rings (SSSR count). The molecule has 1 aliphatic heterocycles. The van der Waals surface area contributed by atoms with E-state index in [0.717, 1.165) is 21.9 Å². The zero-order chi connectivity index (χ0) is 16.5. The van der Waals surface area contributed by atoms with Crippen LogP contribution < -0.4 is 10.6 Å². The minimum atomic E-state index is -0.321. The van der Waals surface area contributed by atoms with Crippen LogP contribution >= 0.6 is 23.7 Å². The van der Waals surface area contributed by atoms with Gasteiger partial charge in [-0.2, -0.15) is 0 Å². The van der Waals surface area contributed by atoms with Crippen molar-refractivity contribution >= 4 is 40.3 Å². The third-order valence-corrected chi connectivity index (χ3v) is 4.91. The van der Waals surface area contributed by atoms with E-state index < -0.39 is 0 Å². The number of morpholine rings is 1. The Morgan fingerprint density at radius 1 is 1.40 bits per heavy atom. The highest BCUT2D eigenvalue weighted by Crippen LogP contribution is 2.23. The summed E-state index contributed by atoms with van der Waals surface area (Å²) in [6.45, 7) is 3.24. The van der Waals surface area contributed by atoms with Crippen LogP contribution in [0.4, 0.5) is 5.69 Å². The minimum absolute atomic E-state index is 0. The van der Waals surface area contributed by atoms with Crippen LogP contribution in [-0.2, 0) is 9.53 Å². The molecule has 3 heterocycles. The fraction of sp³-hybridized carbons (Fsp3) is 0.294. The summed E-state index contributed by atoms with van der Waals surface area (Å²) in [6, 6.07) is 7.41. The van der Waals surface area contributed by atoms with E-state index in [1.807, 2.05) is 53.4 Å². The van der Waals surface area contributed by atoms with E-state index in [-0.39, 0.29) is 30.5 Å². The van der Waals surface area contributed by atoms with Crippen LogP contribution in [0, 0.1) is 0 Å². The molecule has 1 aromatic carbocycles. The van der Waals surface area contributed by atoms with Crippen LogP contribution in [0.1, 0.15) is 6.92 Å². The summed E-state index contributed by atoms with van der Waals surface area (Å²) >= 11 is 1.61. The summed E-state index contributed by atoms with van der Waals surface area (Å²) in [5.41, 5.74) is 2.72. The lowest BCUT2D eigenvalue weighted by atomic mass is 10.1. The van der Waals surface area contributed by atoms with Crippen LogP contribution in [0.5, 0.6) is 0 Å². The van der Waals surface area contributed by atoms with Crippen LogP contribution in [-0.4, -0.2) is 40.6 Å². The molecule has 0 unspecified atom stereocenters. The number of hydrogen-bond donors (Lipinski definition) is 2. The van der Waals surface area contributed by atoms with E-state index >= 15 is 0 Å². The Morgan fingerprint density at radius 3 is 2.92 bits per heavy atom. The number of nitrogens with zero attached hydrogens (tertiary/aromatic N) is 2. The molecule has 1 amide bonds. The van der Waals surface area contributed by atoms with E-state index in [1.165, 1.54) is 0 Å². The van der Waals surface area contributed by atoms with Crippen molar-refractivity contribution < 1.29 is 9.53 Å². The smallest absolute Gasteiger partial charge is 0.244 e. The largest absolute Gasteiger partial charge is 0.375 e. The molecule has 0 bridgehead atoms. The molecule has 2 atom stereocenters. The number of thiazole rings is 1. The molecule has 1 fully saturated rings. The van der Waals surface area contributed by atoms with Gasteiger partial charge in [0.15, 0.2) is 4.96 Å². The number of carbonyl (C=O) groups is 1. The molecule has 0 spiro atoms. The maximum atomic E-state index is 12.3. The molecule has 2 aromatic heterocycles. The Bertz CT molecular complexity index is 833. The van der Waals surface area contributed by atoms with Crippen molar-refractivity contribution in [3.8, 4) is 11.3 Å². The molecule has 0 saturated carbocycles. The van der Waals surface area contributed by atoms with E-state index in [4.69, 9.17) is 4.74 Å². The van der Waals surface area contributed by atoms with Gasteiger partial charge in [0.2, 0.25) is 5.91 Å². The van der Waals surface area contributed by atoms with Crippen molar-refractivity contribution in [1.29, 1.82) is 0 Å². The third kappa shape index (κ3) is 3.69. The number of hydrogen-bond acceptors (Lipinski definition) is 5. The number of benzene rings is 1. The van der Waals surface area contributed by atoms with Gasteiger partial charge in [-0.15, -0.1) is 23.7 Å². The van der Waals surface area contributed by atoms with Gasteiger partial charge in [-0.3, -0.25) is 9.20 Å². The van der Waals surface area contributed by atoms with Gasteiger partial charge in [0.05, 0.1) is 18.4 Å². The summed E-state index contributed by atoms with van der Waals surface area (Å²) < 4.78 is 7.52. The first-order valence-electron chi connectivity index (χ1n) is 7.89. The first-order valence-corrected chi connectivity index (χ1v) is 8.77. The standard InChI is InChI=1S/C17H18N4O2S.ClH/c1-11-15(18-6-8-23-11)16(22)19-13-4-2-12(3-5-13)14-10-21-7-9-24-17(21)20-14;/h2-5,7,9-11,15,18H,6,8H2,1H3,(H,19,22);1H/t11-,15+;/m1./s1. The summed E-state index contributed by atoms with van der Waals surface area (Å²) in [7, 11) is 0. The highest BCUT2D eigenvalue weighted by Gasteiger charge is 2.28. The van der Waals surface area contributed by atoms with E-state index in [1.54, 1.807) is 11.3 Å². The van der Waals surface area contributed by atoms with Crippen LogP contribution in [0.2, 0.25) is 0 Å². The summed E-state index contributed by atoms with van der Waals surface area (Å²) in [5, 5.41) is 8.14. The number of rotatable bonds is 3. The van der Waals surface area contributed by atoms with Gasteiger partial charge < -0.3 is 15.4 Å². The van der Waals surface area contributed by atoms with Crippen LogP contribution in [0.15, 0.2) is 42.0 Å². The van der Waals surface area contributed by atoms with Crippen molar-refractivity contribution in [1.82, 2.24) is 14.7 Å². The molecule has 8 heteroatoms. The van der Waals surface area contributed by atoms with Crippen molar-refractivity contribution in [3.05, 3.63) is 42.0 Å². The lowest BCUT2D eigenvalue weighted by Crippen LogP contribution is -2.53. The van der Waals surface area contributed by atoms with E-state index in [9.17, 15) is 4.79 Å². The molecule has 0 aliphatic carbocycles. The summed E-state index contributed by atoms with van der Waals surface area (Å²) in [5.74, 6) is -0.0718. The number of ether oxygens (including phenoxy) is 1. The van der Waals surface area contributed by atoms with Crippen molar-refractivity contribution in [3.63, 3.8) is 0 Å². The Morgan fingerprint density at radius 2 is 2.20 bits per heavy atom. The number of aromatic nitrogens is 2. The average molecular weight is 379 g/mol. The number of amides is 1. The first kappa shape index (κ1) is 17.9. The number of halogens is 1. The van der Waals surface area contributed by atoms with Gasteiger partial charge in [-0.25, -0.2) is 4.98 Å². The molecular weight excluding hydrogens is 360 g/mol. The van der Waals surface area contributed by atoms with Crippen molar-refractivity contribution in [2.75, 3.05) is 18.5 Å². The van der Waals surface area contributed by atoms with Crippen molar-refractivity contribution in [2.45, 2.75) is 19.1 Å². The lowest BCUT2D eigenvalue weighted by molar-refractivity contribution is -0.123. The van der Waals surface area contributed by atoms with Gasteiger partial charge in [0, 0.05) is 35.6 Å². The van der Waals surface area contributed by atoms with Gasteiger partial charge >= 0.3 is 0 Å². The maximum absolute atomic E-state index is 12.3. The molecule has 132 valence electrons. The fourth-order valence-corrected chi connectivity index (χ4v) is 3.54. The Balaban J connectivity index is 0.00000182. The average Bonchev–Trinajstić information content (AvgIpc) is 3.17. The Labute approximate surface area is 155 Å². The van der Waals surface area contributed by atoms with E-state index in [0.29, 0.717) is 13.2 Å². The molecule has 6 nitrogen and oxygen atoms in total. The number of imidazole rings is 1. The molecular formula is C17H19ClN4O2S. The summed E-state index contributed by atoms with van der Waals surface area (Å²) in [6.07, 6.45) is 3.87. The summed E-state index contributed by atoms with van der Waals surface area (Å²) in [4.78, 5) is 17.9. The number of carbonyl (C=O) groups excluding carboxylic acids is 1. The number of fused-ring (bicyclic) bond motifs is 1. The lowest BCUT2D eigenvalue weighted by Gasteiger charge is -2.29. The SMILES string of the molecule is C[C@H]1OCCN[C@@H]1C(=O)Nc1ccc(-c2cn3ccsc3n2)cc1.Cl. The predicted octanol–water partition coefficient (Wildman–Crippen LogP) is 2.80. The van der Waals surface area contributed by atoms with Crippen LogP contribution in [0.3, 0.4) is 0 Å². The predicted molar refractivity (Wildman–Crippen MR) is 102 cm³/mol. The molecule has 1 saturated heterocycles. The van der Waals surface area contributed by atoms with Gasteiger partial charge in [0.1, 0.15) is 6.04 Å². The van der Waals surface area contributed by atoms with Gasteiger partial charge in [-0.05, 0) is 19.1 Å². The van der Waals surface area contributed by atoms with Crippen LogP contribution in [0.25, 0.3) is 16.2 Å². The molecule has 0 radical (unpaired) electrons. The monoisotopic (exact) mass is 378 g/mol. The number of anilines is 1. The van der Waals surface area contributed by atoms with E-state index in [2.05, 4.69) is 15.6 Å². The fourth-order valence-electron chi connectivity index (χ4n) is 2.84. The van der Waals surface area contributed by atoms with Crippen molar-refractivity contribution in [2.24, 2.45) is 0 Å². The highest BCUT2D eigenvalue weighted by atomic mass is 35.5. The second-order valence-electron chi connectivity index (χ2n) is 5.79. The third-order valence-electron chi connectivity index (χ3n) is 4.14. The Hall–Kier alpha value is -1.93. The van der Waals surface area contributed by atoms with Gasteiger partial charge in [-0.1, -0.05) is 12.1 Å².